The summed E-state index contributed by atoms with van der Waals surface area (Å²) in [5.74, 6) is -1.54. The number of carbonyl (C=O) groups excluding carboxylic acids is 1. The van der Waals surface area contributed by atoms with Gasteiger partial charge in [-0.3, -0.25) is 14.8 Å². The number of aromatic nitrogens is 1. The van der Waals surface area contributed by atoms with Crippen LogP contribution in [0.25, 0.3) is 10.9 Å². The van der Waals surface area contributed by atoms with Gasteiger partial charge in [-0.25, -0.2) is 13.6 Å². The van der Waals surface area contributed by atoms with Crippen molar-refractivity contribution < 1.29 is 13.6 Å². The van der Waals surface area contributed by atoms with Crippen LogP contribution in [0, 0.1) is 18.6 Å². The first kappa shape index (κ1) is 30.1. The first-order valence-corrected chi connectivity index (χ1v) is 12.4. The Bertz CT molecular complexity index is 1430. The van der Waals surface area contributed by atoms with Gasteiger partial charge in [0, 0.05) is 55.6 Å². The third-order valence-corrected chi connectivity index (χ3v) is 6.77. The number of fused-ring (bicyclic) bond motifs is 1. The summed E-state index contributed by atoms with van der Waals surface area (Å²) in [6, 6.07) is 20.0. The van der Waals surface area contributed by atoms with Crippen molar-refractivity contribution in [1.82, 2.24) is 9.88 Å². The van der Waals surface area contributed by atoms with Crippen LogP contribution in [0.15, 0.2) is 72.8 Å². The Morgan fingerprint density at radius 1 is 0.897 bits per heavy atom. The largest absolute Gasteiger partial charge is 0.368 e. The molecule has 0 atom stereocenters. The first-order valence-electron chi connectivity index (χ1n) is 12.4. The summed E-state index contributed by atoms with van der Waals surface area (Å²) < 4.78 is 27.5. The maximum Gasteiger partial charge on any atom is 0.323 e. The van der Waals surface area contributed by atoms with Crippen molar-refractivity contribution in [1.29, 1.82) is 0 Å². The molecule has 0 bridgehead atoms. The second-order valence-electron chi connectivity index (χ2n) is 9.35. The van der Waals surface area contributed by atoms with Crippen molar-refractivity contribution in [2.24, 2.45) is 5.73 Å². The number of nitrogens with two attached hydrogens (primary N) is 1. The normalized spacial score (nSPS) is 13.5. The van der Waals surface area contributed by atoms with Gasteiger partial charge in [0.05, 0.1) is 16.9 Å². The smallest absolute Gasteiger partial charge is 0.323 e. The predicted molar refractivity (Wildman–Crippen MR) is 158 cm³/mol. The lowest BCUT2D eigenvalue weighted by Crippen LogP contribution is -2.47. The Morgan fingerprint density at radius 2 is 1.59 bits per heavy atom. The van der Waals surface area contributed by atoms with Crippen molar-refractivity contribution >= 4 is 58.8 Å². The quantitative estimate of drug-likeness (QED) is 0.296. The Labute approximate surface area is 239 Å². The van der Waals surface area contributed by atoms with E-state index >= 15 is 0 Å². The van der Waals surface area contributed by atoms with Gasteiger partial charge in [-0.05, 0) is 67.4 Å². The Hall–Kier alpha value is -3.46. The maximum atomic E-state index is 13.8. The molecular formula is C29H31Cl2F2N5O. The number of primary amides is 1. The fraction of sp³-hybridized carbons (Fsp3) is 0.241. The number of urea groups is 1. The van der Waals surface area contributed by atoms with Crippen LogP contribution in [0.4, 0.5) is 30.6 Å². The SMILES string of the molecule is Cc1ccc2c(N3CCN(CCc4cccc(N(C(N)=O)c5cc(F)cc(F)c5)c4)CC3)cccc2n1.Cl.Cl. The highest BCUT2D eigenvalue weighted by Gasteiger charge is 2.20. The van der Waals surface area contributed by atoms with Gasteiger partial charge in [0.2, 0.25) is 0 Å². The Kier molecular flexibility index (Phi) is 10.1. The molecule has 0 saturated carbocycles. The molecule has 5 rings (SSSR count). The fourth-order valence-electron chi connectivity index (χ4n) is 4.94. The van der Waals surface area contributed by atoms with E-state index in [4.69, 9.17) is 5.73 Å². The standard InChI is InChI=1S/C29H29F2N5O.2ClH/c1-20-8-9-26-27(33-20)6-3-7-28(26)35-14-12-34(13-15-35)11-10-21-4-2-5-24(16-21)36(29(32)37)25-18-22(30)17-23(31)19-25;;/h2-9,16-19H,10-15H2,1H3,(H2,32,37);2*1H. The van der Waals surface area contributed by atoms with Crippen molar-refractivity contribution in [3.63, 3.8) is 0 Å². The van der Waals surface area contributed by atoms with Crippen LogP contribution < -0.4 is 15.5 Å². The number of halogens is 4. The highest BCUT2D eigenvalue weighted by molar-refractivity contribution is 5.98. The van der Waals surface area contributed by atoms with Gasteiger partial charge in [0.1, 0.15) is 11.6 Å². The van der Waals surface area contributed by atoms with E-state index in [1.165, 1.54) is 11.1 Å². The number of hydrogen-bond acceptors (Lipinski definition) is 4. The van der Waals surface area contributed by atoms with Gasteiger partial charge in [0.15, 0.2) is 0 Å². The molecule has 206 valence electrons. The minimum Gasteiger partial charge on any atom is -0.368 e. The van der Waals surface area contributed by atoms with Crippen molar-refractivity contribution in [2.75, 3.05) is 42.5 Å². The van der Waals surface area contributed by atoms with E-state index in [0.717, 1.165) is 79.0 Å². The Morgan fingerprint density at radius 3 is 2.28 bits per heavy atom. The summed E-state index contributed by atoms with van der Waals surface area (Å²) >= 11 is 0. The third kappa shape index (κ3) is 6.95. The van der Waals surface area contributed by atoms with Gasteiger partial charge >= 0.3 is 6.03 Å². The predicted octanol–water partition coefficient (Wildman–Crippen LogP) is 6.25. The fourth-order valence-corrected chi connectivity index (χ4v) is 4.94. The van der Waals surface area contributed by atoms with E-state index in [1.54, 1.807) is 6.07 Å². The van der Waals surface area contributed by atoms with E-state index < -0.39 is 17.7 Å². The third-order valence-electron chi connectivity index (χ3n) is 6.77. The van der Waals surface area contributed by atoms with Gasteiger partial charge in [0.25, 0.3) is 0 Å². The lowest BCUT2D eigenvalue weighted by molar-refractivity contribution is 0.256. The zero-order valence-electron chi connectivity index (χ0n) is 21.5. The molecule has 1 aliphatic rings. The van der Waals surface area contributed by atoms with Crippen molar-refractivity contribution in [3.05, 3.63) is 95.7 Å². The van der Waals surface area contributed by atoms with Crippen LogP contribution in [0.1, 0.15) is 11.3 Å². The summed E-state index contributed by atoms with van der Waals surface area (Å²) in [5.41, 5.74) is 10.4. The van der Waals surface area contributed by atoms with Gasteiger partial charge in [-0.1, -0.05) is 18.2 Å². The van der Waals surface area contributed by atoms with Gasteiger partial charge in [-0.2, -0.15) is 0 Å². The molecule has 6 nitrogen and oxygen atoms in total. The molecule has 4 aromatic rings. The molecule has 1 aromatic heterocycles. The van der Waals surface area contributed by atoms with E-state index in [9.17, 15) is 13.6 Å². The molecule has 2 N–H and O–H groups in total. The molecule has 1 fully saturated rings. The topological polar surface area (TPSA) is 65.7 Å². The number of pyridine rings is 1. The summed E-state index contributed by atoms with van der Waals surface area (Å²) in [5, 5.41) is 1.18. The number of carbonyl (C=O) groups is 1. The molecule has 0 spiro atoms. The number of nitrogens with zero attached hydrogens (tertiary/aromatic N) is 4. The molecule has 39 heavy (non-hydrogen) atoms. The average Bonchev–Trinajstić information content (AvgIpc) is 2.87. The summed E-state index contributed by atoms with van der Waals surface area (Å²) in [7, 11) is 0. The number of benzene rings is 3. The van der Waals surface area contributed by atoms with Gasteiger partial charge in [-0.15, -0.1) is 24.8 Å². The molecule has 0 aliphatic carbocycles. The molecule has 1 saturated heterocycles. The molecule has 2 heterocycles. The van der Waals surface area contributed by atoms with Crippen LogP contribution >= 0.6 is 24.8 Å². The molecule has 0 unspecified atom stereocenters. The first-order chi connectivity index (χ1) is 17.9. The summed E-state index contributed by atoms with van der Waals surface area (Å²) in [4.78, 5) is 22.8. The molecular weight excluding hydrogens is 543 g/mol. The van der Waals surface area contributed by atoms with E-state index in [2.05, 4.69) is 45.1 Å². The van der Waals surface area contributed by atoms with Crippen LogP contribution in [-0.2, 0) is 6.42 Å². The molecule has 1 aliphatic heterocycles. The van der Waals surface area contributed by atoms with Gasteiger partial charge < -0.3 is 10.6 Å². The monoisotopic (exact) mass is 573 g/mol. The maximum absolute atomic E-state index is 13.8. The minimum atomic E-state index is -0.808. The number of piperazine rings is 1. The second-order valence-corrected chi connectivity index (χ2v) is 9.35. The van der Waals surface area contributed by atoms with Crippen molar-refractivity contribution in [2.45, 2.75) is 13.3 Å². The Balaban J connectivity index is 0.00000210. The zero-order chi connectivity index (χ0) is 25.9. The summed E-state index contributed by atoms with van der Waals surface area (Å²) in [6.07, 6.45) is 0.773. The number of amides is 2. The lowest BCUT2D eigenvalue weighted by atomic mass is 10.1. The minimum absolute atomic E-state index is 0. The van der Waals surface area contributed by atoms with Crippen molar-refractivity contribution in [3.8, 4) is 0 Å². The van der Waals surface area contributed by atoms with E-state index in [0.29, 0.717) is 5.69 Å². The molecule has 10 heteroatoms. The number of rotatable bonds is 6. The summed E-state index contributed by atoms with van der Waals surface area (Å²) in [6.45, 7) is 6.59. The van der Waals surface area contributed by atoms with Crippen LogP contribution in [-0.4, -0.2) is 48.6 Å². The highest BCUT2D eigenvalue weighted by Crippen LogP contribution is 2.29. The van der Waals surface area contributed by atoms with E-state index in [-0.39, 0.29) is 30.5 Å². The number of anilines is 3. The molecule has 2 amide bonds. The van der Waals surface area contributed by atoms with Crippen LogP contribution in [0.3, 0.4) is 0 Å². The van der Waals surface area contributed by atoms with E-state index in [1.807, 2.05) is 25.1 Å². The van der Waals surface area contributed by atoms with Crippen LogP contribution in [0.5, 0.6) is 0 Å². The lowest BCUT2D eigenvalue weighted by Gasteiger charge is -2.36. The average molecular weight is 575 g/mol. The zero-order valence-corrected chi connectivity index (χ0v) is 23.2. The highest BCUT2D eigenvalue weighted by atomic mass is 35.5. The second kappa shape index (κ2) is 13.1. The number of hydrogen-bond donors (Lipinski definition) is 1. The number of aryl methyl sites for hydroxylation is 1. The van der Waals surface area contributed by atoms with Crippen LogP contribution in [0.2, 0.25) is 0 Å². The molecule has 3 aromatic carbocycles. The molecule has 0 radical (unpaired) electrons.